The van der Waals surface area contributed by atoms with Gasteiger partial charge in [-0.15, -0.1) is 0 Å². The average molecular weight is 417 g/mol. The van der Waals surface area contributed by atoms with Crippen LogP contribution < -0.4 is 10.1 Å². The molecule has 0 aliphatic carbocycles. The monoisotopic (exact) mass is 417 g/mol. The first-order chi connectivity index (χ1) is 15.0. The smallest absolute Gasteiger partial charge is 0.269 e. The van der Waals surface area contributed by atoms with Crippen molar-refractivity contribution in [3.63, 3.8) is 0 Å². The fraction of sp³-hybridized carbons (Fsp3) is 0.0435. The van der Waals surface area contributed by atoms with Gasteiger partial charge < -0.3 is 10.1 Å². The van der Waals surface area contributed by atoms with Crippen LogP contribution in [0.25, 0.3) is 11.6 Å². The zero-order valence-electron chi connectivity index (χ0n) is 16.1. The first-order valence-electron chi connectivity index (χ1n) is 9.10. The fourth-order valence-corrected chi connectivity index (χ4v) is 2.67. The van der Waals surface area contributed by atoms with Crippen LogP contribution >= 0.6 is 0 Å². The molecule has 0 aromatic heterocycles. The van der Waals surface area contributed by atoms with Crippen LogP contribution in [0.4, 0.5) is 15.8 Å². The number of amides is 1. The van der Waals surface area contributed by atoms with Gasteiger partial charge in [-0.3, -0.25) is 14.9 Å². The van der Waals surface area contributed by atoms with E-state index in [2.05, 4.69) is 11.4 Å². The maximum absolute atomic E-state index is 13.6. The Kier molecular flexibility index (Phi) is 6.71. The Hall–Kier alpha value is -4.51. The maximum Gasteiger partial charge on any atom is 0.269 e. The van der Waals surface area contributed by atoms with Crippen LogP contribution in [0.1, 0.15) is 11.1 Å². The van der Waals surface area contributed by atoms with Crippen molar-refractivity contribution < 1.29 is 18.8 Å². The molecule has 154 valence electrons. The normalized spacial score (nSPS) is 10.8. The molecule has 0 unspecified atom stereocenters. The van der Waals surface area contributed by atoms with E-state index in [0.29, 0.717) is 22.4 Å². The average Bonchev–Trinajstić information content (AvgIpc) is 2.78. The Bertz CT molecular complexity index is 1170. The van der Waals surface area contributed by atoms with E-state index >= 15 is 0 Å². The standard InChI is InChI=1S/C23H16FN3O4/c24-21-3-1-2-4-22(21)26-23(28)15-31-20-11-5-16(6-12-20)13-18(14-25)17-7-9-19(10-8-17)27(29)30/h1-13H,15H2,(H,26,28). The Morgan fingerprint density at radius 3 is 2.39 bits per heavy atom. The lowest BCUT2D eigenvalue weighted by Crippen LogP contribution is -2.20. The van der Waals surface area contributed by atoms with E-state index in [0.717, 1.165) is 0 Å². The number of carbonyl (C=O) groups excluding carboxylic acids is 1. The minimum atomic E-state index is -0.534. The van der Waals surface area contributed by atoms with Crippen LogP contribution in [0.15, 0.2) is 72.8 Å². The molecule has 1 amide bonds. The Labute approximate surface area is 177 Å². The molecule has 0 aliphatic rings. The molecule has 3 aromatic rings. The SMILES string of the molecule is N#CC(=Cc1ccc(OCC(=O)Nc2ccccc2F)cc1)c1ccc([N+](=O)[O-])cc1. The van der Waals surface area contributed by atoms with Crippen molar-refractivity contribution in [2.24, 2.45) is 0 Å². The molecule has 8 heteroatoms. The summed E-state index contributed by atoms with van der Waals surface area (Å²) in [4.78, 5) is 22.2. The number of allylic oxidation sites excluding steroid dienone is 1. The number of ether oxygens (including phenoxy) is 1. The molecule has 1 N–H and O–H groups in total. The molecule has 0 saturated heterocycles. The Balaban J connectivity index is 1.62. The highest BCUT2D eigenvalue weighted by atomic mass is 19.1. The van der Waals surface area contributed by atoms with E-state index in [-0.39, 0.29) is 18.0 Å². The highest BCUT2D eigenvalue weighted by Crippen LogP contribution is 2.22. The number of rotatable bonds is 7. The van der Waals surface area contributed by atoms with Gasteiger partial charge in [0.15, 0.2) is 6.61 Å². The zero-order chi connectivity index (χ0) is 22.2. The summed E-state index contributed by atoms with van der Waals surface area (Å²) in [6, 6.07) is 20.3. The van der Waals surface area contributed by atoms with E-state index in [1.807, 2.05) is 0 Å². The number of benzene rings is 3. The maximum atomic E-state index is 13.6. The third kappa shape index (κ3) is 5.74. The van der Waals surface area contributed by atoms with Crippen molar-refractivity contribution >= 4 is 28.9 Å². The third-order valence-corrected chi connectivity index (χ3v) is 4.22. The summed E-state index contributed by atoms with van der Waals surface area (Å²) in [5.41, 5.74) is 1.62. The largest absolute Gasteiger partial charge is 0.484 e. The number of nitriles is 1. The number of nitrogens with one attached hydrogen (secondary N) is 1. The first kappa shape index (κ1) is 21.2. The highest BCUT2D eigenvalue weighted by molar-refractivity contribution is 5.92. The summed E-state index contributed by atoms with van der Waals surface area (Å²) in [5, 5.41) is 22.6. The second-order valence-corrected chi connectivity index (χ2v) is 6.36. The molecule has 0 radical (unpaired) electrons. The van der Waals surface area contributed by atoms with Crippen molar-refractivity contribution in [1.29, 1.82) is 5.26 Å². The number of non-ortho nitro benzene ring substituents is 1. The number of anilines is 1. The molecular formula is C23H16FN3O4. The summed E-state index contributed by atoms with van der Waals surface area (Å²) in [5.74, 6) is -0.609. The highest BCUT2D eigenvalue weighted by Gasteiger charge is 2.08. The van der Waals surface area contributed by atoms with Crippen molar-refractivity contribution in [3.05, 3.63) is 99.9 Å². The van der Waals surface area contributed by atoms with E-state index in [4.69, 9.17) is 4.74 Å². The number of para-hydroxylation sites is 1. The summed E-state index contributed by atoms with van der Waals surface area (Å²) < 4.78 is 19.0. The van der Waals surface area contributed by atoms with Gasteiger partial charge in [0.1, 0.15) is 11.6 Å². The van der Waals surface area contributed by atoms with Gasteiger partial charge in [0, 0.05) is 12.1 Å². The van der Waals surface area contributed by atoms with Gasteiger partial charge in [-0.25, -0.2) is 4.39 Å². The first-order valence-corrected chi connectivity index (χ1v) is 9.10. The van der Waals surface area contributed by atoms with E-state index in [1.54, 1.807) is 36.4 Å². The van der Waals surface area contributed by atoms with Crippen LogP contribution in [0.3, 0.4) is 0 Å². The lowest BCUT2D eigenvalue weighted by Gasteiger charge is -2.08. The number of nitrogens with zero attached hydrogens (tertiary/aromatic N) is 2. The van der Waals surface area contributed by atoms with Gasteiger partial charge in [-0.05, 0) is 53.6 Å². The number of carbonyl (C=O) groups is 1. The van der Waals surface area contributed by atoms with Gasteiger partial charge in [-0.1, -0.05) is 24.3 Å². The minimum Gasteiger partial charge on any atom is -0.484 e. The molecule has 0 fully saturated rings. The second-order valence-electron chi connectivity index (χ2n) is 6.36. The molecule has 0 spiro atoms. The molecule has 0 atom stereocenters. The predicted octanol–water partition coefficient (Wildman–Crippen LogP) is 4.82. The van der Waals surface area contributed by atoms with E-state index in [1.165, 1.54) is 42.5 Å². The second kappa shape index (κ2) is 9.80. The van der Waals surface area contributed by atoms with Gasteiger partial charge in [0.2, 0.25) is 0 Å². The van der Waals surface area contributed by atoms with Crippen LogP contribution in [0.2, 0.25) is 0 Å². The van der Waals surface area contributed by atoms with Crippen molar-refractivity contribution in [2.75, 3.05) is 11.9 Å². The van der Waals surface area contributed by atoms with Gasteiger partial charge >= 0.3 is 0 Å². The topological polar surface area (TPSA) is 105 Å². The molecule has 0 saturated carbocycles. The Morgan fingerprint density at radius 1 is 1.10 bits per heavy atom. The predicted molar refractivity (Wildman–Crippen MR) is 114 cm³/mol. The van der Waals surface area contributed by atoms with Gasteiger partial charge in [-0.2, -0.15) is 5.26 Å². The molecule has 0 heterocycles. The van der Waals surface area contributed by atoms with Crippen molar-refractivity contribution in [2.45, 2.75) is 0 Å². The third-order valence-electron chi connectivity index (χ3n) is 4.22. The summed E-state index contributed by atoms with van der Waals surface area (Å²) in [7, 11) is 0. The summed E-state index contributed by atoms with van der Waals surface area (Å²) in [6.45, 7) is -0.296. The van der Waals surface area contributed by atoms with E-state index in [9.17, 15) is 24.6 Å². The van der Waals surface area contributed by atoms with Gasteiger partial charge in [0.25, 0.3) is 11.6 Å². The summed E-state index contributed by atoms with van der Waals surface area (Å²) >= 11 is 0. The molecule has 0 aliphatic heterocycles. The van der Waals surface area contributed by atoms with Crippen LogP contribution in [0.5, 0.6) is 5.75 Å². The van der Waals surface area contributed by atoms with Crippen LogP contribution in [-0.2, 0) is 4.79 Å². The minimum absolute atomic E-state index is 0.0541. The van der Waals surface area contributed by atoms with Crippen molar-refractivity contribution in [1.82, 2.24) is 0 Å². The van der Waals surface area contributed by atoms with Crippen molar-refractivity contribution in [3.8, 4) is 11.8 Å². The zero-order valence-corrected chi connectivity index (χ0v) is 16.1. The Morgan fingerprint density at radius 2 is 1.77 bits per heavy atom. The molecule has 7 nitrogen and oxygen atoms in total. The van der Waals surface area contributed by atoms with E-state index < -0.39 is 16.6 Å². The number of nitro groups is 1. The molecular weight excluding hydrogens is 401 g/mol. The number of hydrogen-bond acceptors (Lipinski definition) is 5. The van der Waals surface area contributed by atoms with Crippen LogP contribution in [-0.4, -0.2) is 17.4 Å². The lowest BCUT2D eigenvalue weighted by molar-refractivity contribution is -0.384. The van der Waals surface area contributed by atoms with Gasteiger partial charge in [0.05, 0.1) is 22.3 Å². The molecule has 3 rings (SSSR count). The molecule has 31 heavy (non-hydrogen) atoms. The fourth-order valence-electron chi connectivity index (χ4n) is 2.67. The quantitative estimate of drug-likeness (QED) is 0.257. The molecule has 0 bridgehead atoms. The number of halogens is 1. The lowest BCUT2D eigenvalue weighted by atomic mass is 10.0. The summed E-state index contributed by atoms with van der Waals surface area (Å²) in [6.07, 6.45) is 1.63. The number of hydrogen-bond donors (Lipinski definition) is 1. The number of nitro benzene ring substituents is 1. The molecule has 3 aromatic carbocycles. The van der Waals surface area contributed by atoms with Crippen LogP contribution in [0, 0.1) is 27.3 Å².